The summed E-state index contributed by atoms with van der Waals surface area (Å²) >= 11 is 7.12. The van der Waals surface area contributed by atoms with Gasteiger partial charge >= 0.3 is 0 Å². The second-order valence-electron chi connectivity index (χ2n) is 10.0. The summed E-state index contributed by atoms with van der Waals surface area (Å²) in [5.74, 6) is 0.0815. The third-order valence-corrected chi connectivity index (χ3v) is 8.59. The third-order valence-electron chi connectivity index (χ3n) is 7.27. The van der Waals surface area contributed by atoms with E-state index in [2.05, 4.69) is 59.6 Å². The summed E-state index contributed by atoms with van der Waals surface area (Å²) in [5.41, 5.74) is 6.05. The van der Waals surface area contributed by atoms with Gasteiger partial charge in [-0.25, -0.2) is 0 Å². The van der Waals surface area contributed by atoms with Crippen LogP contribution in [0.1, 0.15) is 37.4 Å². The summed E-state index contributed by atoms with van der Waals surface area (Å²) in [4.78, 5) is 28.6. The van der Waals surface area contributed by atoms with Gasteiger partial charge in [0.25, 0.3) is 0 Å². The molecule has 0 amide bonds. The van der Waals surface area contributed by atoms with E-state index < -0.39 is 0 Å². The highest BCUT2D eigenvalue weighted by molar-refractivity contribution is 9.11. The molecule has 6 heteroatoms. The molecular formula is C37H26Br2N2O2. The standard InChI is InChI=1S/C22H16BrNO.C15H10BrNO/c23-19-12-7-13-20-21(19)18(22(25)17-10-5-2-6-11-17)15-24(20)14-16-8-3-1-4-9-16;16-12-7-4-8-13-14(12)11(9-17-13)15(18)10-5-2-1-3-6-10/h1-13,15H,14H2;1-9,17H. The highest BCUT2D eigenvalue weighted by Gasteiger charge is 2.19. The second kappa shape index (κ2) is 12.8. The molecule has 0 bridgehead atoms. The summed E-state index contributed by atoms with van der Waals surface area (Å²) in [6.07, 6.45) is 3.74. The SMILES string of the molecule is O=C(c1ccccc1)c1c[nH]c2cccc(Br)c12.O=C(c1ccccc1)c1cn(Cc2ccccc2)c2cccc(Br)c12. The van der Waals surface area contributed by atoms with Gasteiger partial charge < -0.3 is 9.55 Å². The van der Waals surface area contributed by atoms with Crippen LogP contribution in [-0.2, 0) is 6.54 Å². The molecule has 0 saturated heterocycles. The number of hydrogen-bond acceptors (Lipinski definition) is 2. The van der Waals surface area contributed by atoms with Crippen molar-refractivity contribution < 1.29 is 9.59 Å². The zero-order valence-corrected chi connectivity index (χ0v) is 26.2. The molecule has 210 valence electrons. The Balaban J connectivity index is 0.000000162. The molecule has 0 atom stereocenters. The molecule has 7 aromatic rings. The quantitative estimate of drug-likeness (QED) is 0.177. The van der Waals surface area contributed by atoms with Crippen LogP contribution in [0.3, 0.4) is 0 Å². The van der Waals surface area contributed by atoms with Gasteiger partial charge in [0.1, 0.15) is 0 Å². The Kier molecular flexibility index (Phi) is 8.50. The fraction of sp³-hybridized carbons (Fsp3) is 0.0270. The monoisotopic (exact) mass is 688 g/mol. The maximum absolute atomic E-state index is 13.0. The number of carbonyl (C=O) groups is 2. The van der Waals surface area contributed by atoms with Crippen molar-refractivity contribution in [3.05, 3.63) is 177 Å². The van der Waals surface area contributed by atoms with E-state index >= 15 is 0 Å². The van der Waals surface area contributed by atoms with Gasteiger partial charge in [-0.2, -0.15) is 0 Å². The molecule has 0 aliphatic carbocycles. The van der Waals surface area contributed by atoms with Crippen molar-refractivity contribution in [1.29, 1.82) is 0 Å². The molecule has 0 radical (unpaired) electrons. The van der Waals surface area contributed by atoms with Crippen molar-refractivity contribution in [2.75, 3.05) is 0 Å². The highest BCUT2D eigenvalue weighted by atomic mass is 79.9. The molecule has 0 unspecified atom stereocenters. The molecule has 1 N–H and O–H groups in total. The minimum atomic E-state index is 0.0359. The molecule has 0 fully saturated rings. The number of nitrogens with zero attached hydrogens (tertiary/aromatic N) is 1. The fourth-order valence-corrected chi connectivity index (χ4v) is 6.35. The Morgan fingerprint density at radius 3 is 1.74 bits per heavy atom. The van der Waals surface area contributed by atoms with E-state index in [9.17, 15) is 9.59 Å². The Bertz CT molecular complexity index is 2050. The van der Waals surface area contributed by atoms with Crippen LogP contribution in [0.15, 0.2) is 149 Å². The number of halogens is 2. The molecule has 0 spiro atoms. The van der Waals surface area contributed by atoms with Crippen LogP contribution in [-0.4, -0.2) is 21.1 Å². The van der Waals surface area contributed by atoms with Crippen molar-refractivity contribution >= 4 is 65.2 Å². The molecule has 43 heavy (non-hydrogen) atoms. The summed E-state index contributed by atoms with van der Waals surface area (Å²) in [6, 6.07) is 40.9. The van der Waals surface area contributed by atoms with E-state index in [-0.39, 0.29) is 11.6 Å². The van der Waals surface area contributed by atoms with Gasteiger partial charge in [-0.1, -0.05) is 135 Å². The number of carbonyl (C=O) groups excluding carboxylic acids is 2. The van der Waals surface area contributed by atoms with E-state index in [0.29, 0.717) is 16.7 Å². The Morgan fingerprint density at radius 2 is 1.12 bits per heavy atom. The molecule has 4 nitrogen and oxygen atoms in total. The van der Waals surface area contributed by atoms with Crippen LogP contribution in [0.5, 0.6) is 0 Å². The molecule has 0 saturated carbocycles. The first-order valence-electron chi connectivity index (χ1n) is 13.8. The zero-order chi connectivity index (χ0) is 29.8. The van der Waals surface area contributed by atoms with Gasteiger partial charge in [-0.15, -0.1) is 0 Å². The number of benzene rings is 5. The topological polar surface area (TPSA) is 54.9 Å². The zero-order valence-electron chi connectivity index (χ0n) is 23.0. The fourth-order valence-electron chi connectivity index (χ4n) is 5.20. The van der Waals surface area contributed by atoms with Crippen LogP contribution in [0.2, 0.25) is 0 Å². The number of aromatic nitrogens is 2. The molecule has 5 aromatic carbocycles. The van der Waals surface area contributed by atoms with Crippen LogP contribution in [0, 0.1) is 0 Å². The maximum Gasteiger partial charge on any atom is 0.195 e. The van der Waals surface area contributed by atoms with E-state index in [1.807, 2.05) is 115 Å². The highest BCUT2D eigenvalue weighted by Crippen LogP contribution is 2.31. The third kappa shape index (κ3) is 6.03. The van der Waals surface area contributed by atoms with Crippen molar-refractivity contribution in [1.82, 2.24) is 9.55 Å². The van der Waals surface area contributed by atoms with Crippen molar-refractivity contribution in [3.8, 4) is 0 Å². The van der Waals surface area contributed by atoms with Gasteiger partial charge in [0.05, 0.1) is 5.52 Å². The minimum Gasteiger partial charge on any atom is -0.360 e. The first-order valence-corrected chi connectivity index (χ1v) is 15.4. The number of H-pyrrole nitrogens is 1. The summed E-state index contributed by atoms with van der Waals surface area (Å²) in [6.45, 7) is 0.732. The lowest BCUT2D eigenvalue weighted by Crippen LogP contribution is -2.01. The number of fused-ring (bicyclic) bond motifs is 2. The Hall–Kier alpha value is -4.52. The number of rotatable bonds is 6. The van der Waals surface area contributed by atoms with Gasteiger partial charge in [-0.3, -0.25) is 9.59 Å². The summed E-state index contributed by atoms with van der Waals surface area (Å²) in [5, 5.41) is 1.90. The van der Waals surface area contributed by atoms with Gasteiger partial charge in [0.2, 0.25) is 0 Å². The summed E-state index contributed by atoms with van der Waals surface area (Å²) in [7, 11) is 0. The van der Waals surface area contributed by atoms with Gasteiger partial charge in [0.15, 0.2) is 11.6 Å². The van der Waals surface area contributed by atoms with E-state index in [1.165, 1.54) is 5.56 Å². The van der Waals surface area contributed by atoms with E-state index in [4.69, 9.17) is 0 Å². The Morgan fingerprint density at radius 1 is 0.581 bits per heavy atom. The molecule has 0 aliphatic heterocycles. The van der Waals surface area contributed by atoms with Crippen molar-refractivity contribution in [2.24, 2.45) is 0 Å². The van der Waals surface area contributed by atoms with Crippen LogP contribution < -0.4 is 0 Å². The number of nitrogens with one attached hydrogen (secondary N) is 1. The normalized spacial score (nSPS) is 10.8. The van der Waals surface area contributed by atoms with E-state index in [0.717, 1.165) is 42.9 Å². The van der Waals surface area contributed by atoms with Crippen molar-refractivity contribution in [3.63, 3.8) is 0 Å². The average molecular weight is 690 g/mol. The van der Waals surface area contributed by atoms with Crippen LogP contribution in [0.25, 0.3) is 21.8 Å². The lowest BCUT2D eigenvalue weighted by atomic mass is 10.0. The molecule has 2 aromatic heterocycles. The average Bonchev–Trinajstić information content (AvgIpc) is 3.66. The first kappa shape index (κ1) is 28.6. The molecule has 0 aliphatic rings. The predicted octanol–water partition coefficient (Wildman–Crippen LogP) is 9.84. The lowest BCUT2D eigenvalue weighted by Gasteiger charge is -2.05. The second-order valence-corrected chi connectivity index (χ2v) is 11.8. The lowest BCUT2D eigenvalue weighted by molar-refractivity contribution is 0.103. The van der Waals surface area contributed by atoms with Crippen molar-refractivity contribution in [2.45, 2.75) is 6.54 Å². The van der Waals surface area contributed by atoms with E-state index in [1.54, 1.807) is 6.20 Å². The number of aromatic amines is 1. The van der Waals surface area contributed by atoms with Gasteiger partial charge in [-0.05, 0) is 29.8 Å². The number of ketones is 2. The van der Waals surface area contributed by atoms with Crippen LogP contribution in [0.4, 0.5) is 0 Å². The van der Waals surface area contributed by atoms with Gasteiger partial charge in [0, 0.05) is 66.4 Å². The Labute approximate surface area is 266 Å². The first-order chi connectivity index (χ1) is 21.0. The smallest absolute Gasteiger partial charge is 0.195 e. The predicted molar refractivity (Wildman–Crippen MR) is 181 cm³/mol. The molecular weight excluding hydrogens is 664 g/mol. The largest absolute Gasteiger partial charge is 0.360 e. The summed E-state index contributed by atoms with van der Waals surface area (Å²) < 4.78 is 4.02. The number of hydrogen-bond donors (Lipinski definition) is 1. The minimum absolute atomic E-state index is 0.0359. The van der Waals surface area contributed by atoms with Crippen LogP contribution >= 0.6 is 31.9 Å². The molecule has 7 rings (SSSR count). The maximum atomic E-state index is 13.0. The molecule has 2 heterocycles.